The van der Waals surface area contributed by atoms with Crippen LogP contribution in [0.15, 0.2) is 36.5 Å². The van der Waals surface area contributed by atoms with Gasteiger partial charge in [0.1, 0.15) is 11.6 Å². The first-order valence-corrected chi connectivity index (χ1v) is 11.2. The number of carbonyl (C=O) groups excluding carboxylic acids is 1. The van der Waals surface area contributed by atoms with Gasteiger partial charge in [0.25, 0.3) is 5.91 Å². The van der Waals surface area contributed by atoms with Gasteiger partial charge in [-0.3, -0.25) is 9.78 Å². The zero-order chi connectivity index (χ0) is 23.7. The van der Waals surface area contributed by atoms with E-state index in [-0.39, 0.29) is 16.7 Å². The van der Waals surface area contributed by atoms with Crippen LogP contribution in [-0.4, -0.2) is 55.1 Å². The number of pyridine rings is 1. The Morgan fingerprint density at radius 2 is 1.94 bits per heavy atom. The number of hydrogen-bond donors (Lipinski definition) is 2. The third-order valence-electron chi connectivity index (χ3n) is 5.61. The third kappa shape index (κ3) is 4.96. The number of nitrogens with one attached hydrogen (secondary N) is 1. The van der Waals surface area contributed by atoms with Crippen molar-refractivity contribution in [1.29, 1.82) is 0 Å². The van der Waals surface area contributed by atoms with E-state index in [1.54, 1.807) is 6.07 Å². The molecule has 0 radical (unpaired) electrons. The summed E-state index contributed by atoms with van der Waals surface area (Å²) in [5.74, 6) is -0.411. The molecule has 0 atom stereocenters. The fourth-order valence-electron chi connectivity index (χ4n) is 3.89. The van der Waals surface area contributed by atoms with Crippen molar-refractivity contribution < 1.29 is 13.9 Å². The van der Waals surface area contributed by atoms with Gasteiger partial charge in [-0.05, 0) is 45.2 Å². The second-order valence-corrected chi connectivity index (χ2v) is 8.87. The van der Waals surface area contributed by atoms with Gasteiger partial charge >= 0.3 is 0 Å². The minimum atomic E-state index is -0.622. The van der Waals surface area contributed by atoms with Crippen LogP contribution in [0.25, 0.3) is 10.9 Å². The van der Waals surface area contributed by atoms with Crippen LogP contribution in [0.3, 0.4) is 0 Å². The maximum Gasteiger partial charge on any atom is 0.252 e. The fourth-order valence-corrected chi connectivity index (χ4v) is 4.07. The van der Waals surface area contributed by atoms with Crippen LogP contribution in [0.1, 0.15) is 24.2 Å². The third-order valence-corrected chi connectivity index (χ3v) is 5.90. The smallest absolute Gasteiger partial charge is 0.252 e. The molecule has 3 N–H and O–H groups in total. The zero-order valence-corrected chi connectivity index (χ0v) is 19.6. The van der Waals surface area contributed by atoms with Crippen molar-refractivity contribution in [2.75, 3.05) is 43.4 Å². The second kappa shape index (κ2) is 9.41. The monoisotopic (exact) mass is 471 g/mol. The largest absolute Gasteiger partial charge is 0.489 e. The number of primary amides is 1. The first kappa shape index (κ1) is 23.1. The van der Waals surface area contributed by atoms with E-state index in [2.05, 4.69) is 27.1 Å². The number of hydrogen-bond acceptors (Lipinski definition) is 6. The number of ether oxygens (including phenoxy) is 1. The highest BCUT2D eigenvalue weighted by molar-refractivity contribution is 6.31. The summed E-state index contributed by atoms with van der Waals surface area (Å²) in [6, 6.07) is 8.14. The molecular formula is C24H27ClFN5O2. The molecular weight excluding hydrogens is 445 g/mol. The molecule has 0 aliphatic carbocycles. The van der Waals surface area contributed by atoms with Crippen LogP contribution >= 0.6 is 11.6 Å². The van der Waals surface area contributed by atoms with Crippen molar-refractivity contribution >= 4 is 45.5 Å². The molecule has 0 spiro atoms. The molecule has 33 heavy (non-hydrogen) atoms. The van der Waals surface area contributed by atoms with Gasteiger partial charge in [0.05, 0.1) is 33.6 Å². The van der Waals surface area contributed by atoms with Crippen LogP contribution in [-0.2, 0) is 0 Å². The van der Waals surface area contributed by atoms with E-state index in [1.807, 2.05) is 26.0 Å². The molecule has 1 fully saturated rings. The van der Waals surface area contributed by atoms with Crippen LogP contribution in [0.5, 0.6) is 5.75 Å². The highest BCUT2D eigenvalue weighted by Gasteiger charge is 2.22. The average molecular weight is 472 g/mol. The second-order valence-electron chi connectivity index (χ2n) is 8.46. The normalized spacial score (nSPS) is 14.7. The van der Waals surface area contributed by atoms with E-state index < -0.39 is 11.7 Å². The van der Waals surface area contributed by atoms with Crippen LogP contribution in [0, 0.1) is 5.82 Å². The predicted molar refractivity (Wildman–Crippen MR) is 130 cm³/mol. The molecule has 7 nitrogen and oxygen atoms in total. The number of aromatic nitrogens is 1. The summed E-state index contributed by atoms with van der Waals surface area (Å²) >= 11 is 5.96. The molecule has 1 saturated heterocycles. The van der Waals surface area contributed by atoms with Gasteiger partial charge < -0.3 is 25.6 Å². The van der Waals surface area contributed by atoms with Gasteiger partial charge in [0, 0.05) is 49.5 Å². The Balaban J connectivity index is 1.88. The maximum atomic E-state index is 13.7. The lowest BCUT2D eigenvalue weighted by molar-refractivity contribution is 0.100. The van der Waals surface area contributed by atoms with E-state index in [4.69, 9.17) is 22.1 Å². The lowest BCUT2D eigenvalue weighted by atomic mass is 10.1. The standard InChI is InChI=1S/C24H27ClFN5O2/c1-14(2)33-22-12-20-16(11-21(22)31-8-6-30(3)7-9-31)23(17(13-28-20)24(27)32)29-15-4-5-19(26)18(25)10-15/h4-5,10-14H,6-9H2,1-3H3,(H2,27,32)(H,28,29). The molecule has 2 aromatic carbocycles. The summed E-state index contributed by atoms with van der Waals surface area (Å²) in [5, 5.41) is 3.88. The lowest BCUT2D eigenvalue weighted by Gasteiger charge is -2.35. The minimum absolute atomic E-state index is 0.0162. The fraction of sp³-hybridized carbons (Fsp3) is 0.333. The SMILES string of the molecule is CC(C)Oc1cc2ncc(C(N)=O)c(Nc3ccc(F)c(Cl)c3)c2cc1N1CCN(C)CC1. The molecule has 174 valence electrons. The van der Waals surface area contributed by atoms with Gasteiger partial charge in [-0.15, -0.1) is 0 Å². The first-order valence-electron chi connectivity index (χ1n) is 10.8. The highest BCUT2D eigenvalue weighted by Crippen LogP contribution is 2.39. The van der Waals surface area contributed by atoms with E-state index in [9.17, 15) is 9.18 Å². The molecule has 1 aliphatic rings. The number of halogens is 2. The van der Waals surface area contributed by atoms with Gasteiger partial charge in [-0.25, -0.2) is 4.39 Å². The van der Waals surface area contributed by atoms with Gasteiger partial charge in [-0.2, -0.15) is 0 Å². The topological polar surface area (TPSA) is 83.7 Å². The Morgan fingerprint density at radius 1 is 1.21 bits per heavy atom. The maximum absolute atomic E-state index is 13.7. The number of likely N-dealkylation sites (N-methyl/N-ethyl adjacent to an activating group) is 1. The molecule has 2 heterocycles. The summed E-state index contributed by atoms with van der Waals surface area (Å²) in [6.45, 7) is 7.50. The molecule has 1 aliphatic heterocycles. The first-order chi connectivity index (χ1) is 15.7. The number of benzene rings is 2. The summed E-state index contributed by atoms with van der Waals surface area (Å²) in [7, 11) is 2.10. The Labute approximate surface area is 197 Å². The molecule has 1 amide bonds. The number of amides is 1. The molecule has 0 unspecified atom stereocenters. The van der Waals surface area contributed by atoms with Crippen molar-refractivity contribution in [1.82, 2.24) is 9.88 Å². The van der Waals surface area contributed by atoms with Crippen molar-refractivity contribution in [2.24, 2.45) is 5.73 Å². The highest BCUT2D eigenvalue weighted by atomic mass is 35.5. The van der Waals surface area contributed by atoms with E-state index in [1.165, 1.54) is 18.3 Å². The van der Waals surface area contributed by atoms with E-state index in [0.29, 0.717) is 22.3 Å². The van der Waals surface area contributed by atoms with Crippen molar-refractivity contribution in [3.8, 4) is 5.75 Å². The van der Waals surface area contributed by atoms with Crippen LogP contribution in [0.4, 0.5) is 21.5 Å². The van der Waals surface area contributed by atoms with Crippen molar-refractivity contribution in [3.05, 3.63) is 52.9 Å². The van der Waals surface area contributed by atoms with Gasteiger partial charge in [0.15, 0.2) is 0 Å². The zero-order valence-electron chi connectivity index (χ0n) is 18.9. The molecule has 9 heteroatoms. The lowest BCUT2D eigenvalue weighted by Crippen LogP contribution is -2.44. The quantitative estimate of drug-likeness (QED) is 0.554. The summed E-state index contributed by atoms with van der Waals surface area (Å²) in [6.07, 6.45) is 1.42. The summed E-state index contributed by atoms with van der Waals surface area (Å²) < 4.78 is 19.8. The van der Waals surface area contributed by atoms with Crippen molar-refractivity contribution in [2.45, 2.75) is 20.0 Å². The van der Waals surface area contributed by atoms with Crippen molar-refractivity contribution in [3.63, 3.8) is 0 Å². The number of rotatable bonds is 6. The molecule has 4 rings (SSSR count). The predicted octanol–water partition coefficient (Wildman–Crippen LogP) is 4.41. The Bertz CT molecular complexity index is 1200. The Morgan fingerprint density at radius 3 is 2.58 bits per heavy atom. The average Bonchev–Trinajstić information content (AvgIpc) is 2.76. The number of nitrogens with two attached hydrogens (primary N) is 1. The minimum Gasteiger partial charge on any atom is -0.489 e. The van der Waals surface area contributed by atoms with Gasteiger partial charge in [0.2, 0.25) is 0 Å². The molecule has 0 saturated carbocycles. The number of carbonyl (C=O) groups is 1. The Kier molecular flexibility index (Phi) is 6.58. The van der Waals surface area contributed by atoms with Gasteiger partial charge in [-0.1, -0.05) is 11.6 Å². The number of piperazine rings is 1. The van der Waals surface area contributed by atoms with Crippen LogP contribution < -0.4 is 20.7 Å². The summed E-state index contributed by atoms with van der Waals surface area (Å²) in [4.78, 5) is 21.2. The summed E-state index contributed by atoms with van der Waals surface area (Å²) in [5.41, 5.74) is 8.47. The number of anilines is 3. The van der Waals surface area contributed by atoms with Crippen LogP contribution in [0.2, 0.25) is 5.02 Å². The molecule has 1 aromatic heterocycles. The molecule has 0 bridgehead atoms. The molecule has 3 aromatic rings. The Hall–Kier alpha value is -3.10. The number of fused-ring (bicyclic) bond motifs is 1. The van der Waals surface area contributed by atoms with E-state index >= 15 is 0 Å². The van der Waals surface area contributed by atoms with E-state index in [0.717, 1.165) is 37.6 Å². The number of nitrogens with zero attached hydrogens (tertiary/aromatic N) is 3.